The maximum absolute atomic E-state index is 12.7. The first-order chi connectivity index (χ1) is 12.3. The summed E-state index contributed by atoms with van der Waals surface area (Å²) in [5, 5.41) is 5.57. The maximum atomic E-state index is 12.7. The van der Waals surface area contributed by atoms with Crippen molar-refractivity contribution in [3.8, 4) is 0 Å². The molecule has 0 fully saturated rings. The summed E-state index contributed by atoms with van der Waals surface area (Å²) in [6.45, 7) is -0.0361. The molecule has 0 unspecified atom stereocenters. The highest BCUT2D eigenvalue weighted by Gasteiger charge is 2.20. The third-order valence-electron chi connectivity index (χ3n) is 3.68. The Morgan fingerprint density at radius 3 is 2.58 bits per heavy atom. The lowest BCUT2D eigenvalue weighted by Gasteiger charge is -2.10. The predicted octanol–water partition coefficient (Wildman–Crippen LogP) is 1.97. The number of halogens is 1. The summed E-state index contributed by atoms with van der Waals surface area (Å²) in [7, 11) is -0.691. The zero-order chi connectivity index (χ0) is 18.9. The molecule has 0 aliphatic rings. The van der Waals surface area contributed by atoms with Gasteiger partial charge in [-0.1, -0.05) is 35.9 Å². The van der Waals surface area contributed by atoms with Gasteiger partial charge in [-0.15, -0.1) is 5.10 Å². The van der Waals surface area contributed by atoms with Gasteiger partial charge in [0.05, 0.1) is 4.90 Å². The number of sulfonamides is 1. The monoisotopic (exact) mass is 393 g/mol. The van der Waals surface area contributed by atoms with Gasteiger partial charge in [0.2, 0.25) is 5.91 Å². The molecule has 1 heterocycles. The van der Waals surface area contributed by atoms with Crippen molar-refractivity contribution in [2.45, 2.75) is 11.4 Å². The summed E-state index contributed by atoms with van der Waals surface area (Å²) < 4.78 is 29.1. The minimum absolute atomic E-state index is 0.0361. The number of benzene rings is 2. The molecule has 10 heteroatoms. The number of carbonyl (C=O) groups excluding carboxylic acids is 1. The molecule has 0 radical (unpaired) electrons. The van der Waals surface area contributed by atoms with Gasteiger partial charge in [-0.25, -0.2) is 17.8 Å². The molecule has 0 saturated heterocycles. The molecule has 0 bridgehead atoms. The summed E-state index contributed by atoms with van der Waals surface area (Å²) in [5.74, 6) is -0.302. The molecule has 1 amide bonds. The smallest absolute Gasteiger partial charge is 0.264 e. The van der Waals surface area contributed by atoms with Crippen LogP contribution in [0, 0.1) is 0 Å². The molecule has 0 aliphatic heterocycles. The highest BCUT2D eigenvalue weighted by Crippen LogP contribution is 2.29. The number of aromatic nitrogens is 3. The van der Waals surface area contributed by atoms with E-state index < -0.39 is 10.0 Å². The number of anilines is 1. The molecule has 136 valence electrons. The van der Waals surface area contributed by atoms with Gasteiger partial charge in [-0.3, -0.25) is 4.79 Å². The summed E-state index contributed by atoms with van der Waals surface area (Å²) in [6, 6.07) is 9.90. The van der Waals surface area contributed by atoms with E-state index in [0.29, 0.717) is 15.8 Å². The van der Waals surface area contributed by atoms with Crippen LogP contribution in [0.5, 0.6) is 0 Å². The van der Waals surface area contributed by atoms with Crippen molar-refractivity contribution in [2.24, 2.45) is 0 Å². The van der Waals surface area contributed by atoms with Crippen LogP contribution in [0.4, 0.5) is 5.95 Å². The molecule has 26 heavy (non-hydrogen) atoms. The number of nitrogens with one attached hydrogen (secondary N) is 1. The minimum atomic E-state index is -3.93. The highest BCUT2D eigenvalue weighted by atomic mass is 35.5. The number of amides is 1. The fourth-order valence-corrected chi connectivity index (χ4v) is 3.73. The van der Waals surface area contributed by atoms with Crippen LogP contribution in [-0.4, -0.2) is 48.1 Å². The van der Waals surface area contributed by atoms with E-state index in [-0.39, 0.29) is 23.3 Å². The van der Waals surface area contributed by atoms with Crippen molar-refractivity contribution < 1.29 is 13.2 Å². The number of nitrogens with zero attached hydrogens (tertiary/aromatic N) is 4. The van der Waals surface area contributed by atoms with Crippen LogP contribution in [0.3, 0.4) is 0 Å². The van der Waals surface area contributed by atoms with Gasteiger partial charge in [-0.05, 0) is 12.1 Å². The maximum Gasteiger partial charge on any atom is 0.264 e. The molecule has 1 N–H and O–H groups in total. The number of hydrogen-bond acceptors (Lipinski definition) is 5. The lowest BCUT2D eigenvalue weighted by molar-refractivity contribution is -0.129. The largest absolute Gasteiger partial charge is 0.347 e. The first-order valence-corrected chi connectivity index (χ1v) is 9.44. The van der Waals surface area contributed by atoms with E-state index in [2.05, 4.69) is 14.8 Å². The van der Waals surface area contributed by atoms with Gasteiger partial charge in [-0.2, -0.15) is 4.98 Å². The van der Waals surface area contributed by atoms with Gasteiger partial charge in [0.15, 0.2) is 0 Å². The number of fused-ring (bicyclic) bond motifs is 1. The average Bonchev–Trinajstić information content (AvgIpc) is 3.01. The number of carbonyl (C=O) groups is 1. The minimum Gasteiger partial charge on any atom is -0.347 e. The topological polar surface area (TPSA) is 97.2 Å². The van der Waals surface area contributed by atoms with Gasteiger partial charge in [0, 0.05) is 29.9 Å². The third kappa shape index (κ3) is 3.63. The molecule has 0 atom stereocenters. The molecule has 1 aromatic heterocycles. The first kappa shape index (κ1) is 18.2. The van der Waals surface area contributed by atoms with Crippen LogP contribution in [0.25, 0.3) is 10.8 Å². The van der Waals surface area contributed by atoms with Crippen molar-refractivity contribution in [3.05, 3.63) is 47.7 Å². The van der Waals surface area contributed by atoms with Gasteiger partial charge < -0.3 is 4.90 Å². The quantitative estimate of drug-likeness (QED) is 0.714. The van der Waals surface area contributed by atoms with E-state index in [9.17, 15) is 13.2 Å². The van der Waals surface area contributed by atoms with Gasteiger partial charge in [0.25, 0.3) is 16.0 Å². The molecule has 0 saturated carbocycles. The van der Waals surface area contributed by atoms with Crippen molar-refractivity contribution in [2.75, 3.05) is 18.8 Å². The lowest BCUT2D eigenvalue weighted by Crippen LogP contribution is -2.26. The summed E-state index contributed by atoms with van der Waals surface area (Å²) >= 11 is 6.14. The van der Waals surface area contributed by atoms with Gasteiger partial charge in [0.1, 0.15) is 12.9 Å². The van der Waals surface area contributed by atoms with Crippen LogP contribution in [0.15, 0.2) is 47.6 Å². The Morgan fingerprint density at radius 1 is 1.19 bits per heavy atom. The molecule has 3 rings (SSSR count). The normalized spacial score (nSPS) is 11.5. The Bertz CT molecular complexity index is 1080. The van der Waals surface area contributed by atoms with Crippen molar-refractivity contribution in [1.29, 1.82) is 0 Å². The molecule has 2 aromatic carbocycles. The van der Waals surface area contributed by atoms with Crippen LogP contribution >= 0.6 is 11.6 Å². The SMILES string of the molecule is CN(C)C(=O)Cn1cnc(NS(=O)(=O)c2ccc(Cl)c3ccccc23)n1. The second kappa shape index (κ2) is 6.93. The Morgan fingerprint density at radius 2 is 1.88 bits per heavy atom. The third-order valence-corrected chi connectivity index (χ3v) is 5.39. The van der Waals surface area contributed by atoms with E-state index >= 15 is 0 Å². The molecule has 0 spiro atoms. The average molecular weight is 394 g/mol. The molecule has 8 nitrogen and oxygen atoms in total. The van der Waals surface area contributed by atoms with E-state index in [1.54, 1.807) is 38.4 Å². The second-order valence-corrected chi connectivity index (χ2v) is 7.81. The lowest BCUT2D eigenvalue weighted by atomic mass is 10.1. The fraction of sp³-hybridized carbons (Fsp3) is 0.188. The predicted molar refractivity (Wildman–Crippen MR) is 98.5 cm³/mol. The zero-order valence-electron chi connectivity index (χ0n) is 14.0. The van der Waals surface area contributed by atoms with Crippen LogP contribution in [-0.2, 0) is 21.4 Å². The van der Waals surface area contributed by atoms with E-state index in [0.717, 1.165) is 0 Å². The summed E-state index contributed by atoms with van der Waals surface area (Å²) in [6.07, 6.45) is 1.29. The van der Waals surface area contributed by atoms with Crippen molar-refractivity contribution in [3.63, 3.8) is 0 Å². The van der Waals surface area contributed by atoms with Crippen LogP contribution in [0.1, 0.15) is 0 Å². The Balaban J connectivity index is 1.90. The Labute approximate surface area is 155 Å². The standard InChI is InChI=1S/C16H16ClN5O3S/c1-21(2)15(23)9-22-10-18-16(19-22)20-26(24,25)14-8-7-13(17)11-5-3-4-6-12(11)14/h3-8,10H,9H2,1-2H3,(H,19,20). The molecular weight excluding hydrogens is 378 g/mol. The number of rotatable bonds is 5. The second-order valence-electron chi connectivity index (χ2n) is 5.75. The van der Waals surface area contributed by atoms with E-state index in [1.807, 2.05) is 0 Å². The Hall–Kier alpha value is -2.65. The molecule has 0 aliphatic carbocycles. The molecular formula is C16H16ClN5O3S. The number of likely N-dealkylation sites (N-methyl/N-ethyl adjacent to an activating group) is 1. The number of hydrogen-bond donors (Lipinski definition) is 1. The zero-order valence-corrected chi connectivity index (χ0v) is 15.6. The fourth-order valence-electron chi connectivity index (χ4n) is 2.34. The van der Waals surface area contributed by atoms with Crippen LogP contribution < -0.4 is 4.72 Å². The highest BCUT2D eigenvalue weighted by molar-refractivity contribution is 7.93. The van der Waals surface area contributed by atoms with E-state index in [4.69, 9.17) is 11.6 Å². The Kier molecular flexibility index (Phi) is 4.84. The molecule has 3 aromatic rings. The van der Waals surface area contributed by atoms with E-state index in [1.165, 1.54) is 28.0 Å². The summed E-state index contributed by atoms with van der Waals surface area (Å²) in [5.41, 5.74) is 0. The summed E-state index contributed by atoms with van der Waals surface area (Å²) in [4.78, 5) is 17.1. The first-order valence-electron chi connectivity index (χ1n) is 7.57. The van der Waals surface area contributed by atoms with Crippen molar-refractivity contribution >= 4 is 44.3 Å². The van der Waals surface area contributed by atoms with Gasteiger partial charge >= 0.3 is 0 Å². The van der Waals surface area contributed by atoms with Crippen LogP contribution in [0.2, 0.25) is 5.02 Å². The van der Waals surface area contributed by atoms with Crippen molar-refractivity contribution in [1.82, 2.24) is 19.7 Å².